The van der Waals surface area contributed by atoms with Gasteiger partial charge in [-0.25, -0.2) is 4.98 Å². The number of ether oxygens (including phenoxy) is 1. The quantitative estimate of drug-likeness (QED) is 0.504. The maximum Gasteiger partial charge on any atom is 0.259 e. The molecule has 2 heterocycles. The zero-order valence-electron chi connectivity index (χ0n) is 16.6. The van der Waals surface area contributed by atoms with Gasteiger partial charge in [0.1, 0.15) is 11.6 Å². The Morgan fingerprint density at radius 2 is 2.10 bits per heavy atom. The molecule has 9 nitrogen and oxygen atoms in total. The number of nitrogens with zero attached hydrogens (tertiary/aromatic N) is 3. The van der Waals surface area contributed by atoms with Crippen molar-refractivity contribution in [3.63, 3.8) is 0 Å². The van der Waals surface area contributed by atoms with Gasteiger partial charge in [0.15, 0.2) is 0 Å². The molecule has 0 radical (unpaired) electrons. The Balaban J connectivity index is 1.93. The molecule has 5 N–H and O–H groups in total. The van der Waals surface area contributed by atoms with Crippen molar-refractivity contribution in [2.45, 2.75) is 38.5 Å². The molecule has 1 aliphatic heterocycles. The second-order valence-electron chi connectivity index (χ2n) is 7.24. The van der Waals surface area contributed by atoms with Crippen LogP contribution < -0.4 is 20.7 Å². The third-order valence-corrected chi connectivity index (χ3v) is 4.57. The van der Waals surface area contributed by atoms with E-state index in [1.54, 1.807) is 24.3 Å². The number of aromatic nitrogens is 2. The lowest BCUT2D eigenvalue weighted by atomic mass is 10.1. The fourth-order valence-electron chi connectivity index (χ4n) is 3.05. The first-order valence-corrected chi connectivity index (χ1v) is 9.62. The monoisotopic (exact) mass is 401 g/mol. The van der Waals surface area contributed by atoms with Crippen LogP contribution in [-0.2, 0) is 6.42 Å². The van der Waals surface area contributed by atoms with Gasteiger partial charge < -0.3 is 26.0 Å². The van der Waals surface area contributed by atoms with E-state index in [9.17, 15) is 15.0 Å². The Morgan fingerprint density at radius 3 is 2.83 bits per heavy atom. The number of fused-ring (bicyclic) bond motifs is 1. The van der Waals surface area contributed by atoms with Gasteiger partial charge in [-0.1, -0.05) is 0 Å². The summed E-state index contributed by atoms with van der Waals surface area (Å²) in [6.07, 6.45) is -0.108. The molecule has 1 aromatic carbocycles. The summed E-state index contributed by atoms with van der Waals surface area (Å²) in [5.74, 6) is 1.11. The molecular formula is C20H27N5O4. The van der Waals surface area contributed by atoms with E-state index in [0.717, 1.165) is 17.7 Å². The van der Waals surface area contributed by atoms with Crippen LogP contribution in [0.15, 0.2) is 30.5 Å². The second-order valence-corrected chi connectivity index (χ2v) is 7.24. The van der Waals surface area contributed by atoms with Gasteiger partial charge in [-0.2, -0.15) is 4.98 Å². The Bertz CT molecular complexity index is 861. The summed E-state index contributed by atoms with van der Waals surface area (Å²) < 4.78 is 5.50. The average molecular weight is 401 g/mol. The predicted molar refractivity (Wildman–Crippen MR) is 109 cm³/mol. The van der Waals surface area contributed by atoms with Crippen LogP contribution in [0.1, 0.15) is 29.8 Å². The number of carbonyl (C=O) groups is 1. The zero-order valence-corrected chi connectivity index (χ0v) is 16.6. The van der Waals surface area contributed by atoms with Gasteiger partial charge in [-0.3, -0.25) is 9.69 Å². The van der Waals surface area contributed by atoms with Gasteiger partial charge in [0.2, 0.25) is 5.95 Å². The third-order valence-electron chi connectivity index (χ3n) is 4.57. The minimum Gasteiger partial charge on any atom is -0.493 e. The molecule has 0 saturated carbocycles. The molecule has 1 aliphatic rings. The molecule has 0 fully saturated rings. The number of aliphatic hydroxyl groups excluding tert-OH is 2. The Labute approximate surface area is 169 Å². The van der Waals surface area contributed by atoms with Crippen molar-refractivity contribution in [3.05, 3.63) is 41.6 Å². The van der Waals surface area contributed by atoms with E-state index in [0.29, 0.717) is 23.9 Å². The summed E-state index contributed by atoms with van der Waals surface area (Å²) in [7, 11) is 0. The number of aliphatic hydroxyl groups is 2. The Hall–Kier alpha value is -2.75. The van der Waals surface area contributed by atoms with Crippen molar-refractivity contribution in [2.24, 2.45) is 5.73 Å². The number of benzene rings is 1. The van der Waals surface area contributed by atoms with E-state index in [-0.39, 0.29) is 25.0 Å². The second kappa shape index (κ2) is 9.17. The first-order valence-electron chi connectivity index (χ1n) is 9.62. The van der Waals surface area contributed by atoms with E-state index in [1.165, 1.54) is 11.1 Å². The zero-order chi connectivity index (χ0) is 21.0. The summed E-state index contributed by atoms with van der Waals surface area (Å²) in [6, 6.07) is 6.93. The van der Waals surface area contributed by atoms with Crippen LogP contribution in [-0.4, -0.2) is 64.0 Å². The first-order chi connectivity index (χ1) is 13.9. The average Bonchev–Trinajstić information content (AvgIpc) is 3.18. The number of hydrogen-bond donors (Lipinski definition) is 4. The number of nitrogens with one attached hydrogen (secondary N) is 1. The molecule has 1 aromatic heterocycles. The van der Waals surface area contributed by atoms with Gasteiger partial charge in [-0.05, 0) is 43.7 Å². The topological polar surface area (TPSA) is 134 Å². The SMILES string of the molecule is CC(C)Nc1nccc(N(CC(O)[C@@H](O)CN)C(=O)c2ccc3c(c2)CCO3)n1. The van der Waals surface area contributed by atoms with Crippen LogP contribution in [0.4, 0.5) is 11.8 Å². The van der Waals surface area contributed by atoms with Gasteiger partial charge in [0.25, 0.3) is 5.91 Å². The highest BCUT2D eigenvalue weighted by molar-refractivity contribution is 6.06. The Morgan fingerprint density at radius 1 is 1.31 bits per heavy atom. The third kappa shape index (κ3) is 5.00. The molecule has 1 unspecified atom stereocenters. The molecular weight excluding hydrogens is 374 g/mol. The van der Waals surface area contributed by atoms with Crippen LogP contribution in [0.5, 0.6) is 5.75 Å². The minimum absolute atomic E-state index is 0.107. The molecule has 0 aliphatic carbocycles. The van der Waals surface area contributed by atoms with Crippen LogP contribution in [0.25, 0.3) is 0 Å². The van der Waals surface area contributed by atoms with Gasteiger partial charge in [-0.15, -0.1) is 0 Å². The lowest BCUT2D eigenvalue weighted by Crippen LogP contribution is -2.45. The van der Waals surface area contributed by atoms with Crippen molar-refractivity contribution in [1.29, 1.82) is 0 Å². The van der Waals surface area contributed by atoms with Crippen LogP contribution >= 0.6 is 0 Å². The first kappa shape index (κ1) is 21.0. The van der Waals surface area contributed by atoms with Gasteiger partial charge in [0.05, 0.1) is 25.4 Å². The van der Waals surface area contributed by atoms with E-state index in [1.807, 2.05) is 13.8 Å². The highest BCUT2D eigenvalue weighted by atomic mass is 16.5. The van der Waals surface area contributed by atoms with Crippen LogP contribution in [0.3, 0.4) is 0 Å². The van der Waals surface area contributed by atoms with Gasteiger partial charge >= 0.3 is 0 Å². The summed E-state index contributed by atoms with van der Waals surface area (Å²) in [5.41, 5.74) is 6.86. The van der Waals surface area contributed by atoms with E-state index in [4.69, 9.17) is 10.5 Å². The van der Waals surface area contributed by atoms with Crippen molar-refractivity contribution in [3.8, 4) is 5.75 Å². The number of nitrogens with two attached hydrogens (primary N) is 1. The lowest BCUT2D eigenvalue weighted by Gasteiger charge is -2.27. The molecule has 1 amide bonds. The summed E-state index contributed by atoms with van der Waals surface area (Å²) in [4.78, 5) is 23.2. The number of carbonyl (C=O) groups excluding carboxylic acids is 1. The van der Waals surface area contributed by atoms with E-state index in [2.05, 4.69) is 15.3 Å². The summed E-state index contributed by atoms with van der Waals surface area (Å²) >= 11 is 0. The highest BCUT2D eigenvalue weighted by Gasteiger charge is 2.27. The number of anilines is 2. The maximum absolute atomic E-state index is 13.3. The molecule has 9 heteroatoms. The minimum atomic E-state index is -1.22. The van der Waals surface area contributed by atoms with Crippen LogP contribution in [0, 0.1) is 0 Å². The van der Waals surface area contributed by atoms with E-state index >= 15 is 0 Å². The van der Waals surface area contributed by atoms with Crippen molar-refractivity contribution < 1.29 is 19.7 Å². The molecule has 0 spiro atoms. The molecule has 2 atom stereocenters. The van der Waals surface area contributed by atoms with Gasteiger partial charge in [0, 0.05) is 30.8 Å². The normalized spacial score (nSPS) is 14.8. The largest absolute Gasteiger partial charge is 0.493 e. The number of rotatable bonds is 8. The molecule has 2 aromatic rings. The number of amides is 1. The summed E-state index contributed by atoms with van der Waals surface area (Å²) in [6.45, 7) is 4.21. The molecule has 0 saturated heterocycles. The molecule has 3 rings (SSSR count). The summed E-state index contributed by atoms with van der Waals surface area (Å²) in [5, 5.41) is 23.3. The fourth-order valence-corrected chi connectivity index (χ4v) is 3.05. The van der Waals surface area contributed by atoms with Crippen molar-refractivity contribution >= 4 is 17.7 Å². The highest BCUT2D eigenvalue weighted by Crippen LogP contribution is 2.27. The molecule has 0 bridgehead atoms. The smallest absolute Gasteiger partial charge is 0.259 e. The maximum atomic E-state index is 13.3. The van der Waals surface area contributed by atoms with E-state index < -0.39 is 12.2 Å². The standard InChI is InChI=1S/C20H27N5O4/c1-12(2)23-20-22-7-5-18(24-20)25(11-16(27)15(26)10-21)19(28)14-3-4-17-13(9-14)6-8-29-17/h3-5,7,9,12,15-16,26-27H,6,8,10-11,21H2,1-2H3,(H,22,23,24)/t15-,16?/m0/s1. The molecule has 29 heavy (non-hydrogen) atoms. The van der Waals surface area contributed by atoms with Crippen LogP contribution in [0.2, 0.25) is 0 Å². The fraction of sp³-hybridized carbons (Fsp3) is 0.450. The molecule has 156 valence electrons. The Kier molecular flexibility index (Phi) is 6.63. The van der Waals surface area contributed by atoms with Crippen molar-refractivity contribution in [2.75, 3.05) is 29.9 Å². The predicted octanol–water partition coefficient (Wildman–Crippen LogP) is 0.559. The van der Waals surface area contributed by atoms with Crippen molar-refractivity contribution in [1.82, 2.24) is 9.97 Å². The number of hydrogen-bond acceptors (Lipinski definition) is 8. The lowest BCUT2D eigenvalue weighted by molar-refractivity contribution is 0.0295.